The van der Waals surface area contributed by atoms with Gasteiger partial charge in [-0.05, 0) is 38.1 Å². The Morgan fingerprint density at radius 2 is 1.78 bits per heavy atom. The van der Waals surface area contributed by atoms with E-state index < -0.39 is 9.84 Å². The van der Waals surface area contributed by atoms with E-state index in [0.29, 0.717) is 18.7 Å². The van der Waals surface area contributed by atoms with Crippen LogP contribution in [0, 0.1) is 13.8 Å². The highest BCUT2D eigenvalue weighted by molar-refractivity contribution is 7.90. The SMILES string of the molecule is Cc1nc(C)n(C2CN(C(=O)c3ccc(S(C)(=O)=O)cc3)C2)n1. The van der Waals surface area contributed by atoms with Crippen LogP contribution in [0.15, 0.2) is 29.2 Å². The molecule has 1 amide bonds. The monoisotopic (exact) mass is 334 g/mol. The molecule has 0 unspecified atom stereocenters. The van der Waals surface area contributed by atoms with E-state index in [4.69, 9.17) is 0 Å². The summed E-state index contributed by atoms with van der Waals surface area (Å²) in [5.74, 6) is 1.47. The summed E-state index contributed by atoms with van der Waals surface area (Å²) < 4.78 is 24.7. The van der Waals surface area contributed by atoms with Crippen LogP contribution in [-0.4, -0.2) is 53.3 Å². The number of carbonyl (C=O) groups excluding carboxylic acids is 1. The molecule has 0 radical (unpaired) electrons. The molecule has 1 saturated heterocycles. The van der Waals surface area contributed by atoms with Crippen LogP contribution in [0.1, 0.15) is 28.0 Å². The number of carbonyl (C=O) groups is 1. The lowest BCUT2D eigenvalue weighted by atomic mass is 10.1. The van der Waals surface area contributed by atoms with E-state index >= 15 is 0 Å². The van der Waals surface area contributed by atoms with E-state index in [0.717, 1.165) is 17.9 Å². The maximum Gasteiger partial charge on any atom is 0.254 e. The maximum atomic E-state index is 12.4. The number of benzene rings is 1. The van der Waals surface area contributed by atoms with Crippen molar-refractivity contribution in [2.24, 2.45) is 0 Å². The van der Waals surface area contributed by atoms with Crippen molar-refractivity contribution in [1.82, 2.24) is 19.7 Å². The molecular formula is C15H18N4O3S. The summed E-state index contributed by atoms with van der Waals surface area (Å²) in [5, 5.41) is 4.34. The highest BCUT2D eigenvalue weighted by atomic mass is 32.2. The van der Waals surface area contributed by atoms with Crippen molar-refractivity contribution in [2.75, 3.05) is 19.3 Å². The fourth-order valence-corrected chi connectivity index (χ4v) is 3.32. The molecule has 23 heavy (non-hydrogen) atoms. The predicted molar refractivity (Wildman–Crippen MR) is 84.0 cm³/mol. The molecule has 1 aliphatic rings. The summed E-state index contributed by atoms with van der Waals surface area (Å²) in [6, 6.07) is 6.18. The van der Waals surface area contributed by atoms with Gasteiger partial charge in [0.15, 0.2) is 9.84 Å². The molecule has 2 heterocycles. The van der Waals surface area contributed by atoms with Crippen LogP contribution in [0.25, 0.3) is 0 Å². The van der Waals surface area contributed by atoms with E-state index in [9.17, 15) is 13.2 Å². The average molecular weight is 334 g/mol. The van der Waals surface area contributed by atoms with Gasteiger partial charge in [-0.2, -0.15) is 5.10 Å². The van der Waals surface area contributed by atoms with Gasteiger partial charge in [0.05, 0.1) is 10.9 Å². The van der Waals surface area contributed by atoms with Gasteiger partial charge in [-0.3, -0.25) is 4.79 Å². The zero-order valence-corrected chi connectivity index (χ0v) is 14.0. The van der Waals surface area contributed by atoms with Gasteiger partial charge in [0.2, 0.25) is 0 Å². The topological polar surface area (TPSA) is 85.2 Å². The van der Waals surface area contributed by atoms with E-state index in [2.05, 4.69) is 10.1 Å². The van der Waals surface area contributed by atoms with Crippen molar-refractivity contribution in [3.05, 3.63) is 41.5 Å². The molecule has 1 aromatic carbocycles. The maximum absolute atomic E-state index is 12.4. The Morgan fingerprint density at radius 1 is 1.17 bits per heavy atom. The lowest BCUT2D eigenvalue weighted by Gasteiger charge is -2.39. The second-order valence-electron chi connectivity index (χ2n) is 5.81. The number of nitrogens with zero attached hydrogens (tertiary/aromatic N) is 4. The molecular weight excluding hydrogens is 316 g/mol. The quantitative estimate of drug-likeness (QED) is 0.836. The van der Waals surface area contributed by atoms with Crippen molar-refractivity contribution < 1.29 is 13.2 Å². The lowest BCUT2D eigenvalue weighted by Crippen LogP contribution is -2.51. The minimum atomic E-state index is -3.25. The molecule has 1 fully saturated rings. The van der Waals surface area contributed by atoms with Crippen molar-refractivity contribution in [3.8, 4) is 0 Å². The van der Waals surface area contributed by atoms with E-state index in [1.54, 1.807) is 17.0 Å². The molecule has 7 nitrogen and oxygen atoms in total. The molecule has 0 saturated carbocycles. The second kappa shape index (κ2) is 5.45. The normalized spacial score (nSPS) is 15.5. The van der Waals surface area contributed by atoms with Gasteiger partial charge in [0.25, 0.3) is 5.91 Å². The summed E-state index contributed by atoms with van der Waals surface area (Å²) in [7, 11) is -3.25. The fraction of sp³-hybridized carbons (Fsp3) is 0.400. The van der Waals surface area contributed by atoms with Crippen LogP contribution < -0.4 is 0 Å². The highest BCUT2D eigenvalue weighted by Gasteiger charge is 2.34. The van der Waals surface area contributed by atoms with E-state index in [1.807, 2.05) is 18.5 Å². The molecule has 0 atom stereocenters. The Hall–Kier alpha value is -2.22. The number of hydrogen-bond acceptors (Lipinski definition) is 5. The van der Waals surface area contributed by atoms with Gasteiger partial charge in [-0.15, -0.1) is 0 Å². The largest absolute Gasteiger partial charge is 0.334 e. The Morgan fingerprint density at radius 3 is 2.26 bits per heavy atom. The van der Waals surface area contributed by atoms with Crippen LogP contribution in [-0.2, 0) is 9.84 Å². The number of rotatable bonds is 3. The van der Waals surface area contributed by atoms with E-state index in [1.165, 1.54) is 12.1 Å². The summed E-state index contributed by atoms with van der Waals surface area (Å²) in [6.07, 6.45) is 1.15. The molecule has 0 bridgehead atoms. The number of likely N-dealkylation sites (tertiary alicyclic amines) is 1. The Bertz CT molecular complexity index is 849. The Balaban J connectivity index is 1.68. The zero-order valence-electron chi connectivity index (χ0n) is 13.2. The molecule has 8 heteroatoms. The van der Waals surface area contributed by atoms with Gasteiger partial charge in [-0.25, -0.2) is 18.1 Å². The summed E-state index contributed by atoms with van der Waals surface area (Å²) in [6.45, 7) is 4.90. The third-order valence-corrected chi connectivity index (χ3v) is 5.06. The van der Waals surface area contributed by atoms with Crippen molar-refractivity contribution in [1.29, 1.82) is 0 Å². The standard InChI is InChI=1S/C15H18N4O3S/c1-10-16-11(2)19(17-10)13-8-18(9-13)15(20)12-4-6-14(7-5-12)23(3,21)22/h4-7,13H,8-9H2,1-3H3. The predicted octanol–water partition coefficient (Wildman–Crippen LogP) is 0.996. The van der Waals surface area contributed by atoms with Gasteiger partial charge < -0.3 is 4.90 Å². The molecule has 0 spiro atoms. The van der Waals surface area contributed by atoms with Crippen LogP contribution in [0.3, 0.4) is 0 Å². The molecule has 2 aromatic rings. The minimum absolute atomic E-state index is 0.101. The smallest absolute Gasteiger partial charge is 0.254 e. The third kappa shape index (κ3) is 2.98. The van der Waals surface area contributed by atoms with Crippen LogP contribution in [0.4, 0.5) is 0 Å². The molecule has 1 aliphatic heterocycles. The van der Waals surface area contributed by atoms with Gasteiger partial charge in [-0.1, -0.05) is 0 Å². The zero-order chi connectivity index (χ0) is 16.8. The number of sulfone groups is 1. The molecule has 0 aliphatic carbocycles. The van der Waals surface area contributed by atoms with Gasteiger partial charge >= 0.3 is 0 Å². The number of aryl methyl sites for hydroxylation is 2. The number of hydrogen-bond donors (Lipinski definition) is 0. The van der Waals surface area contributed by atoms with Gasteiger partial charge in [0, 0.05) is 24.9 Å². The summed E-state index contributed by atoms with van der Waals surface area (Å²) >= 11 is 0. The minimum Gasteiger partial charge on any atom is -0.334 e. The molecule has 122 valence electrons. The first-order valence-corrected chi connectivity index (χ1v) is 9.14. The van der Waals surface area contributed by atoms with Gasteiger partial charge in [0.1, 0.15) is 11.6 Å². The van der Waals surface area contributed by atoms with Crippen molar-refractivity contribution >= 4 is 15.7 Å². The van der Waals surface area contributed by atoms with E-state index in [-0.39, 0.29) is 16.8 Å². The molecule has 3 rings (SSSR count). The summed E-state index contributed by atoms with van der Waals surface area (Å²) in [4.78, 5) is 18.6. The Kier molecular flexibility index (Phi) is 3.71. The number of amides is 1. The molecule has 0 N–H and O–H groups in total. The first-order valence-electron chi connectivity index (χ1n) is 7.25. The summed E-state index contributed by atoms with van der Waals surface area (Å²) in [5.41, 5.74) is 0.488. The lowest BCUT2D eigenvalue weighted by molar-refractivity contribution is 0.0496. The third-order valence-electron chi connectivity index (χ3n) is 3.93. The first-order chi connectivity index (χ1) is 10.8. The van der Waals surface area contributed by atoms with Crippen LogP contribution in [0.5, 0.6) is 0 Å². The average Bonchev–Trinajstić information content (AvgIpc) is 2.75. The number of aromatic nitrogens is 3. The van der Waals surface area contributed by atoms with Crippen molar-refractivity contribution in [3.63, 3.8) is 0 Å². The first kappa shape index (κ1) is 15.7. The molecule has 1 aromatic heterocycles. The fourth-order valence-electron chi connectivity index (χ4n) is 2.69. The highest BCUT2D eigenvalue weighted by Crippen LogP contribution is 2.24. The second-order valence-corrected chi connectivity index (χ2v) is 7.83. The van der Waals surface area contributed by atoms with Crippen molar-refractivity contribution in [2.45, 2.75) is 24.8 Å². The Labute approximate surface area is 134 Å². The van der Waals surface area contributed by atoms with Crippen LogP contribution >= 0.6 is 0 Å². The van der Waals surface area contributed by atoms with Crippen LogP contribution in [0.2, 0.25) is 0 Å².